The number of H-pyrrole nitrogens is 1. The summed E-state index contributed by atoms with van der Waals surface area (Å²) in [7, 11) is 0. The summed E-state index contributed by atoms with van der Waals surface area (Å²) in [4.78, 5) is 29.1. The summed E-state index contributed by atoms with van der Waals surface area (Å²) < 4.78 is 6.01. The molecule has 2 N–H and O–H groups in total. The second-order valence-corrected chi connectivity index (χ2v) is 8.48. The minimum absolute atomic E-state index is 0.0111. The molecule has 1 amide bonds. The fourth-order valence-electron chi connectivity index (χ4n) is 5.05. The normalized spacial score (nSPS) is 14.8. The number of aromatic amines is 1. The number of para-hydroxylation sites is 2. The fourth-order valence-corrected chi connectivity index (χ4v) is 5.05. The predicted octanol–water partition coefficient (Wildman–Crippen LogP) is 5.28. The molecule has 0 fully saturated rings. The van der Waals surface area contributed by atoms with Gasteiger partial charge in [-0.2, -0.15) is 0 Å². The summed E-state index contributed by atoms with van der Waals surface area (Å²) >= 11 is 0. The molecule has 5 nitrogen and oxygen atoms in total. The van der Waals surface area contributed by atoms with Crippen molar-refractivity contribution in [2.45, 2.75) is 31.6 Å². The third-order valence-electron chi connectivity index (χ3n) is 6.54. The van der Waals surface area contributed by atoms with E-state index in [0.29, 0.717) is 17.2 Å². The van der Waals surface area contributed by atoms with Crippen LogP contribution in [0.5, 0.6) is 11.5 Å². The number of rotatable bonds is 2. The minimum Gasteiger partial charge on any atom is -0.457 e. The van der Waals surface area contributed by atoms with Gasteiger partial charge in [0.1, 0.15) is 11.5 Å². The molecule has 0 saturated carbocycles. The summed E-state index contributed by atoms with van der Waals surface area (Å²) in [6.07, 6.45) is 3.93. The lowest BCUT2D eigenvalue weighted by atomic mass is 9.87. The van der Waals surface area contributed by atoms with Crippen molar-refractivity contribution in [3.05, 3.63) is 99.3 Å². The lowest BCUT2D eigenvalue weighted by Gasteiger charge is -2.27. The Kier molecular flexibility index (Phi) is 4.35. The van der Waals surface area contributed by atoms with Crippen LogP contribution in [0, 0.1) is 0 Å². The van der Waals surface area contributed by atoms with Gasteiger partial charge < -0.3 is 15.0 Å². The average molecular weight is 422 g/mol. The maximum absolute atomic E-state index is 13.5. The van der Waals surface area contributed by atoms with Crippen LogP contribution in [-0.4, -0.2) is 10.9 Å². The smallest absolute Gasteiger partial charge is 0.251 e. The number of amides is 1. The first-order valence-corrected chi connectivity index (χ1v) is 11.0. The van der Waals surface area contributed by atoms with Crippen LogP contribution in [0.2, 0.25) is 0 Å². The number of aromatic nitrogens is 1. The van der Waals surface area contributed by atoms with E-state index in [1.54, 1.807) is 0 Å². The standard InChI is InChI=1S/C27H22N2O3/c30-26-19-8-2-1-7-17(19)18-14-13-16(15-22(18)29-26)28-27(31)25-20-9-3-5-11-23(20)32-24-12-6-4-10-21(24)25/h3-6,9-15,25H,1-2,7-8H2,(H,28,31)(H,29,30). The largest absolute Gasteiger partial charge is 0.457 e. The third kappa shape index (κ3) is 3.01. The molecule has 0 radical (unpaired) electrons. The van der Waals surface area contributed by atoms with E-state index in [1.807, 2.05) is 66.7 Å². The van der Waals surface area contributed by atoms with E-state index in [9.17, 15) is 9.59 Å². The Morgan fingerprint density at radius 1 is 0.875 bits per heavy atom. The molecule has 1 aliphatic carbocycles. The van der Waals surface area contributed by atoms with Crippen LogP contribution in [0.4, 0.5) is 5.69 Å². The zero-order chi connectivity index (χ0) is 21.7. The molecule has 0 bridgehead atoms. The van der Waals surface area contributed by atoms with Crippen molar-refractivity contribution in [3.63, 3.8) is 0 Å². The van der Waals surface area contributed by atoms with Gasteiger partial charge in [-0.1, -0.05) is 42.5 Å². The van der Waals surface area contributed by atoms with E-state index in [2.05, 4.69) is 10.3 Å². The molecular weight excluding hydrogens is 400 g/mol. The second kappa shape index (κ2) is 7.38. The first-order chi connectivity index (χ1) is 15.7. The lowest BCUT2D eigenvalue weighted by molar-refractivity contribution is -0.116. The average Bonchev–Trinajstić information content (AvgIpc) is 2.82. The summed E-state index contributed by atoms with van der Waals surface area (Å²) in [6, 6.07) is 21.1. The van der Waals surface area contributed by atoms with E-state index in [4.69, 9.17) is 4.74 Å². The van der Waals surface area contributed by atoms with Gasteiger partial charge in [0, 0.05) is 27.8 Å². The SMILES string of the molecule is O=C(Nc1ccc2c3c(c(=O)[nH]c2c1)CCCC3)C1c2ccccc2Oc2ccccc21. The first-order valence-electron chi connectivity index (χ1n) is 11.0. The van der Waals surface area contributed by atoms with E-state index < -0.39 is 5.92 Å². The number of aryl methyl sites for hydroxylation is 1. The Hall–Kier alpha value is -3.86. The number of ether oxygens (including phenoxy) is 1. The molecule has 2 heterocycles. The predicted molar refractivity (Wildman–Crippen MR) is 125 cm³/mol. The molecule has 0 saturated heterocycles. The number of pyridine rings is 1. The first kappa shape index (κ1) is 18.9. The molecule has 6 rings (SSSR count). The number of anilines is 1. The highest BCUT2D eigenvalue weighted by atomic mass is 16.5. The Balaban J connectivity index is 1.39. The molecule has 1 aromatic heterocycles. The molecule has 3 aromatic carbocycles. The van der Waals surface area contributed by atoms with Crippen molar-refractivity contribution in [1.29, 1.82) is 0 Å². The highest BCUT2D eigenvalue weighted by Crippen LogP contribution is 2.44. The Morgan fingerprint density at radius 2 is 1.53 bits per heavy atom. The van der Waals surface area contributed by atoms with E-state index in [-0.39, 0.29) is 11.5 Å². The Bertz CT molecular complexity index is 1390. The van der Waals surface area contributed by atoms with Gasteiger partial charge in [-0.15, -0.1) is 0 Å². The van der Waals surface area contributed by atoms with Gasteiger partial charge in [0.15, 0.2) is 0 Å². The van der Waals surface area contributed by atoms with Crippen molar-refractivity contribution in [1.82, 2.24) is 4.98 Å². The summed E-state index contributed by atoms with van der Waals surface area (Å²) in [5, 5.41) is 4.14. The summed E-state index contributed by atoms with van der Waals surface area (Å²) in [6.45, 7) is 0. The van der Waals surface area contributed by atoms with Crippen LogP contribution < -0.4 is 15.6 Å². The molecule has 1 aliphatic heterocycles. The maximum Gasteiger partial charge on any atom is 0.251 e. The molecule has 2 aliphatic rings. The fraction of sp³-hybridized carbons (Fsp3) is 0.185. The number of hydrogen-bond donors (Lipinski definition) is 2. The van der Waals surface area contributed by atoms with Crippen LogP contribution in [0.1, 0.15) is 41.0 Å². The number of hydrogen-bond acceptors (Lipinski definition) is 3. The molecule has 158 valence electrons. The number of nitrogens with one attached hydrogen (secondary N) is 2. The summed E-state index contributed by atoms with van der Waals surface area (Å²) in [5.41, 5.74) is 5.16. The molecule has 32 heavy (non-hydrogen) atoms. The van der Waals surface area contributed by atoms with Crippen molar-refractivity contribution < 1.29 is 9.53 Å². The molecular formula is C27H22N2O3. The van der Waals surface area contributed by atoms with Crippen molar-refractivity contribution >= 4 is 22.5 Å². The van der Waals surface area contributed by atoms with Crippen molar-refractivity contribution in [2.24, 2.45) is 0 Å². The van der Waals surface area contributed by atoms with Gasteiger partial charge in [0.05, 0.1) is 11.4 Å². The second-order valence-electron chi connectivity index (χ2n) is 8.48. The summed E-state index contributed by atoms with van der Waals surface area (Å²) in [5.74, 6) is 0.781. The Labute approximate surface area is 185 Å². The molecule has 0 spiro atoms. The number of carbonyl (C=O) groups is 1. The van der Waals surface area contributed by atoms with Crippen LogP contribution in [-0.2, 0) is 17.6 Å². The molecule has 0 unspecified atom stereocenters. The minimum atomic E-state index is -0.477. The van der Waals surface area contributed by atoms with Crippen LogP contribution in [0.25, 0.3) is 10.9 Å². The lowest BCUT2D eigenvalue weighted by Crippen LogP contribution is -2.25. The highest BCUT2D eigenvalue weighted by molar-refractivity contribution is 6.01. The molecule has 5 heteroatoms. The Morgan fingerprint density at radius 3 is 2.25 bits per heavy atom. The van der Waals surface area contributed by atoms with Gasteiger partial charge in [-0.3, -0.25) is 9.59 Å². The van der Waals surface area contributed by atoms with Crippen LogP contribution >= 0.6 is 0 Å². The topological polar surface area (TPSA) is 71.2 Å². The number of carbonyl (C=O) groups excluding carboxylic acids is 1. The molecule has 4 aromatic rings. The van der Waals surface area contributed by atoms with E-state index in [0.717, 1.165) is 58.8 Å². The zero-order valence-corrected chi connectivity index (χ0v) is 17.5. The van der Waals surface area contributed by atoms with E-state index in [1.165, 1.54) is 0 Å². The maximum atomic E-state index is 13.5. The van der Waals surface area contributed by atoms with Gasteiger partial charge >= 0.3 is 0 Å². The van der Waals surface area contributed by atoms with Gasteiger partial charge in [-0.05, 0) is 55.5 Å². The van der Waals surface area contributed by atoms with Gasteiger partial charge in [0.25, 0.3) is 5.56 Å². The van der Waals surface area contributed by atoms with Crippen molar-refractivity contribution in [3.8, 4) is 11.5 Å². The van der Waals surface area contributed by atoms with Crippen LogP contribution in [0.3, 0.4) is 0 Å². The molecule has 0 atom stereocenters. The van der Waals surface area contributed by atoms with Crippen molar-refractivity contribution in [2.75, 3.05) is 5.32 Å². The van der Waals surface area contributed by atoms with Gasteiger partial charge in [-0.25, -0.2) is 0 Å². The van der Waals surface area contributed by atoms with E-state index >= 15 is 0 Å². The number of fused-ring (bicyclic) bond motifs is 5. The quantitative estimate of drug-likeness (QED) is 0.461. The zero-order valence-electron chi connectivity index (χ0n) is 17.5. The monoisotopic (exact) mass is 422 g/mol. The third-order valence-corrected chi connectivity index (χ3v) is 6.54. The highest BCUT2D eigenvalue weighted by Gasteiger charge is 2.32. The number of benzene rings is 3. The van der Waals surface area contributed by atoms with Gasteiger partial charge in [0.2, 0.25) is 5.91 Å². The van der Waals surface area contributed by atoms with Crippen LogP contribution in [0.15, 0.2) is 71.5 Å².